The predicted octanol–water partition coefficient (Wildman–Crippen LogP) is 3.65. The number of carbonyl (C=O) groups is 1. The molecule has 0 spiro atoms. The maximum absolute atomic E-state index is 12.8. The van der Waals surface area contributed by atoms with E-state index in [1.165, 1.54) is 11.3 Å². The summed E-state index contributed by atoms with van der Waals surface area (Å²) in [5.41, 5.74) is 2.01. The Kier molecular flexibility index (Phi) is 4.82. The van der Waals surface area contributed by atoms with E-state index in [2.05, 4.69) is 10.4 Å². The van der Waals surface area contributed by atoms with Gasteiger partial charge in [-0.25, -0.2) is 4.98 Å². The molecule has 0 fully saturated rings. The first-order chi connectivity index (χ1) is 10.8. The highest BCUT2D eigenvalue weighted by atomic mass is 32.1. The number of nitrogens with zero attached hydrogens (tertiary/aromatic N) is 2. The zero-order valence-corrected chi connectivity index (χ0v) is 13.8. The Hall–Kier alpha value is -1.76. The van der Waals surface area contributed by atoms with Gasteiger partial charge in [0.2, 0.25) is 0 Å². The highest BCUT2D eigenvalue weighted by molar-refractivity contribution is 7.20. The molecule has 114 valence electrons. The highest BCUT2D eigenvalue weighted by Gasteiger charge is 2.20. The second-order valence-electron chi connectivity index (χ2n) is 4.84. The van der Waals surface area contributed by atoms with Crippen molar-refractivity contribution in [3.8, 4) is 0 Å². The lowest BCUT2D eigenvalue weighted by molar-refractivity contribution is 0.0680. The van der Waals surface area contributed by atoms with Crippen molar-refractivity contribution in [2.24, 2.45) is 0 Å². The smallest absolute Gasteiger partial charge is 0.283 e. The third-order valence-electron chi connectivity index (χ3n) is 3.28. The van der Waals surface area contributed by atoms with Gasteiger partial charge in [0, 0.05) is 20.2 Å². The van der Waals surface area contributed by atoms with Crippen LogP contribution in [-0.4, -0.2) is 36.1 Å². The summed E-state index contributed by atoms with van der Waals surface area (Å²) < 4.78 is 6.16. The number of hydrogen-bond donors (Lipinski definition) is 0. The van der Waals surface area contributed by atoms with E-state index in [-0.39, 0.29) is 5.91 Å². The average Bonchev–Trinajstić information content (AvgIpc) is 3.19. The monoisotopic (exact) mass is 332 g/mol. The first-order valence-corrected chi connectivity index (χ1v) is 8.68. The van der Waals surface area contributed by atoms with E-state index in [0.29, 0.717) is 24.7 Å². The first-order valence-electron chi connectivity index (χ1n) is 6.93. The number of thiazole rings is 1. The summed E-state index contributed by atoms with van der Waals surface area (Å²) in [4.78, 5) is 19.0. The fourth-order valence-corrected chi connectivity index (χ4v) is 3.75. The van der Waals surface area contributed by atoms with Crippen molar-refractivity contribution in [3.05, 3.63) is 51.7 Å². The molecule has 22 heavy (non-hydrogen) atoms. The van der Waals surface area contributed by atoms with Gasteiger partial charge >= 0.3 is 0 Å². The molecular weight excluding hydrogens is 316 g/mol. The topological polar surface area (TPSA) is 42.4 Å². The molecule has 0 unspecified atom stereocenters. The van der Waals surface area contributed by atoms with Gasteiger partial charge in [0.15, 0.2) is 5.01 Å². The molecule has 0 saturated heterocycles. The Balaban J connectivity index is 1.83. The number of thiophene rings is 1. The number of hydrogen-bond acceptors (Lipinski definition) is 5. The lowest BCUT2D eigenvalue weighted by atomic mass is 10.3. The first kappa shape index (κ1) is 15.1. The van der Waals surface area contributed by atoms with Crippen molar-refractivity contribution in [2.75, 3.05) is 20.3 Å². The summed E-state index contributed by atoms with van der Waals surface area (Å²) in [6.07, 6.45) is 0. The number of benzene rings is 1. The zero-order valence-electron chi connectivity index (χ0n) is 12.2. The number of amides is 1. The third-order valence-corrected chi connectivity index (χ3v) is 5.04. The van der Waals surface area contributed by atoms with Gasteiger partial charge in [-0.2, -0.15) is 11.3 Å². The van der Waals surface area contributed by atoms with E-state index in [4.69, 9.17) is 4.74 Å². The number of fused-ring (bicyclic) bond motifs is 1. The molecule has 4 nitrogen and oxygen atoms in total. The van der Waals surface area contributed by atoms with E-state index in [1.54, 1.807) is 23.3 Å². The van der Waals surface area contributed by atoms with Crippen LogP contribution in [0.25, 0.3) is 10.2 Å². The van der Waals surface area contributed by atoms with Gasteiger partial charge in [0.25, 0.3) is 5.91 Å². The van der Waals surface area contributed by atoms with Crippen molar-refractivity contribution in [2.45, 2.75) is 6.54 Å². The maximum atomic E-state index is 12.8. The van der Waals surface area contributed by atoms with Gasteiger partial charge < -0.3 is 9.64 Å². The Morgan fingerprint density at radius 1 is 1.32 bits per heavy atom. The number of methoxy groups -OCH3 is 1. The van der Waals surface area contributed by atoms with Crippen LogP contribution in [0.2, 0.25) is 0 Å². The molecule has 3 aromatic rings. The highest BCUT2D eigenvalue weighted by Crippen LogP contribution is 2.23. The largest absolute Gasteiger partial charge is 0.383 e. The molecule has 1 aromatic carbocycles. The molecule has 2 heterocycles. The van der Waals surface area contributed by atoms with Crippen LogP contribution in [0, 0.1) is 0 Å². The van der Waals surface area contributed by atoms with E-state index >= 15 is 0 Å². The van der Waals surface area contributed by atoms with Crippen molar-refractivity contribution < 1.29 is 9.53 Å². The van der Waals surface area contributed by atoms with Gasteiger partial charge in [-0.1, -0.05) is 12.1 Å². The van der Waals surface area contributed by atoms with Gasteiger partial charge in [-0.3, -0.25) is 4.79 Å². The quantitative estimate of drug-likeness (QED) is 0.692. The minimum absolute atomic E-state index is 0.0375. The normalized spacial score (nSPS) is 11.0. The molecule has 6 heteroatoms. The molecule has 0 saturated carbocycles. The lowest BCUT2D eigenvalue weighted by Gasteiger charge is -2.20. The third kappa shape index (κ3) is 3.35. The molecule has 0 atom stereocenters. The standard InChI is InChI=1S/C16H16N2O2S2/c1-20-8-7-18(10-12-6-9-21-11-12)16(19)15-17-13-4-2-3-5-14(13)22-15/h2-6,9,11H,7-8,10H2,1H3. The number of para-hydroxylation sites is 1. The van der Waals surface area contributed by atoms with E-state index < -0.39 is 0 Å². The van der Waals surface area contributed by atoms with Crippen LogP contribution < -0.4 is 0 Å². The van der Waals surface area contributed by atoms with Crippen molar-refractivity contribution in [1.82, 2.24) is 9.88 Å². The molecule has 0 bridgehead atoms. The van der Waals surface area contributed by atoms with E-state index in [9.17, 15) is 4.79 Å². The Labute approximate surface area is 137 Å². The SMILES string of the molecule is COCCN(Cc1ccsc1)C(=O)c1nc2ccccc2s1. The Morgan fingerprint density at radius 2 is 2.18 bits per heavy atom. The number of aromatic nitrogens is 1. The predicted molar refractivity (Wildman–Crippen MR) is 90.6 cm³/mol. The summed E-state index contributed by atoms with van der Waals surface area (Å²) in [7, 11) is 1.64. The van der Waals surface area contributed by atoms with Crippen LogP contribution in [0.1, 0.15) is 15.4 Å². The molecule has 3 rings (SSSR count). The summed E-state index contributed by atoms with van der Waals surface area (Å²) in [6.45, 7) is 1.66. The van der Waals surface area contributed by atoms with Crippen molar-refractivity contribution >= 4 is 38.8 Å². The molecule has 0 radical (unpaired) electrons. The minimum atomic E-state index is -0.0375. The Bertz CT molecular complexity index is 719. The van der Waals surface area contributed by atoms with Crippen LogP contribution in [0.15, 0.2) is 41.1 Å². The molecule has 0 aliphatic carbocycles. The Morgan fingerprint density at radius 3 is 2.91 bits per heavy atom. The van der Waals surface area contributed by atoms with Gasteiger partial charge in [0.05, 0.1) is 16.8 Å². The van der Waals surface area contributed by atoms with E-state index in [0.717, 1.165) is 15.8 Å². The zero-order chi connectivity index (χ0) is 15.4. The summed E-state index contributed by atoms with van der Waals surface area (Å²) in [5.74, 6) is -0.0375. The molecule has 0 aliphatic rings. The molecule has 0 N–H and O–H groups in total. The number of ether oxygens (including phenoxy) is 1. The molecule has 2 aromatic heterocycles. The molecular formula is C16H16N2O2S2. The van der Waals surface area contributed by atoms with Gasteiger partial charge in [-0.15, -0.1) is 11.3 Å². The second kappa shape index (κ2) is 7.00. The second-order valence-corrected chi connectivity index (χ2v) is 6.65. The average molecular weight is 332 g/mol. The summed E-state index contributed by atoms with van der Waals surface area (Å²) in [5, 5.41) is 4.62. The fraction of sp³-hybridized carbons (Fsp3) is 0.250. The number of carbonyl (C=O) groups excluding carboxylic acids is 1. The lowest BCUT2D eigenvalue weighted by Crippen LogP contribution is -2.33. The summed E-state index contributed by atoms with van der Waals surface area (Å²) in [6, 6.07) is 9.85. The van der Waals surface area contributed by atoms with Crippen LogP contribution in [0.5, 0.6) is 0 Å². The van der Waals surface area contributed by atoms with Crippen LogP contribution in [0.3, 0.4) is 0 Å². The van der Waals surface area contributed by atoms with E-state index in [1.807, 2.05) is 35.7 Å². The van der Waals surface area contributed by atoms with Gasteiger partial charge in [-0.05, 0) is 34.5 Å². The maximum Gasteiger partial charge on any atom is 0.283 e. The fourth-order valence-electron chi connectivity index (χ4n) is 2.16. The van der Waals surface area contributed by atoms with Crippen molar-refractivity contribution in [1.29, 1.82) is 0 Å². The van der Waals surface area contributed by atoms with Crippen LogP contribution >= 0.6 is 22.7 Å². The van der Waals surface area contributed by atoms with Crippen LogP contribution in [0.4, 0.5) is 0 Å². The summed E-state index contributed by atoms with van der Waals surface area (Å²) >= 11 is 3.07. The van der Waals surface area contributed by atoms with Crippen molar-refractivity contribution in [3.63, 3.8) is 0 Å². The van der Waals surface area contributed by atoms with Crippen LogP contribution in [-0.2, 0) is 11.3 Å². The minimum Gasteiger partial charge on any atom is -0.383 e. The molecule has 0 aliphatic heterocycles. The molecule has 1 amide bonds. The number of rotatable bonds is 6. The van der Waals surface area contributed by atoms with Gasteiger partial charge in [0.1, 0.15) is 0 Å².